The largest absolute Gasteiger partial charge is 0.573 e. The lowest BCUT2D eigenvalue weighted by Gasteiger charge is -2.10. The third-order valence-electron chi connectivity index (χ3n) is 5.13. The van der Waals surface area contributed by atoms with Crippen LogP contribution >= 0.6 is 0 Å². The molecule has 0 saturated carbocycles. The van der Waals surface area contributed by atoms with Crippen LogP contribution in [-0.2, 0) is 19.6 Å². The van der Waals surface area contributed by atoms with E-state index in [4.69, 9.17) is 0 Å². The first kappa shape index (κ1) is 21.7. The topological polar surface area (TPSA) is 59.3 Å². The second kappa shape index (κ2) is 8.92. The summed E-state index contributed by atoms with van der Waals surface area (Å²) < 4.78 is 42.6. The van der Waals surface area contributed by atoms with Crippen molar-refractivity contribution >= 4 is 10.8 Å². The highest BCUT2D eigenvalue weighted by atomic mass is 19.4. The molecule has 0 saturated heterocycles. The minimum Gasteiger partial charge on any atom is -0.494 e. The maximum absolute atomic E-state index is 12.3. The molecule has 4 rings (SSSR count). The van der Waals surface area contributed by atoms with Crippen molar-refractivity contribution in [2.75, 3.05) is 0 Å². The average Bonchev–Trinajstić information content (AvgIpc) is 3.05. The molecule has 0 radical (unpaired) electrons. The van der Waals surface area contributed by atoms with Gasteiger partial charge < -0.3 is 19.7 Å². The van der Waals surface area contributed by atoms with E-state index >= 15 is 0 Å². The molecule has 0 bridgehead atoms. The van der Waals surface area contributed by atoms with Crippen LogP contribution in [0.4, 0.5) is 13.2 Å². The summed E-state index contributed by atoms with van der Waals surface area (Å²) in [5.74, 6) is -0.146. The molecule has 32 heavy (non-hydrogen) atoms. The fourth-order valence-corrected chi connectivity index (χ4v) is 3.74. The van der Waals surface area contributed by atoms with Gasteiger partial charge in [0, 0.05) is 42.5 Å². The Labute approximate surface area is 183 Å². The highest BCUT2D eigenvalue weighted by Crippen LogP contribution is 2.32. The van der Waals surface area contributed by atoms with Crippen molar-refractivity contribution in [1.29, 1.82) is 0 Å². The van der Waals surface area contributed by atoms with Gasteiger partial charge >= 0.3 is 6.36 Å². The third kappa shape index (κ3) is 5.20. The van der Waals surface area contributed by atoms with Crippen molar-refractivity contribution in [2.45, 2.75) is 32.9 Å². The van der Waals surface area contributed by atoms with Crippen LogP contribution in [0.5, 0.6) is 11.6 Å². The van der Waals surface area contributed by atoms with E-state index in [-0.39, 0.29) is 11.6 Å². The van der Waals surface area contributed by atoms with Crippen LogP contribution in [0.3, 0.4) is 0 Å². The summed E-state index contributed by atoms with van der Waals surface area (Å²) in [6.07, 6.45) is 0.649. The molecule has 2 N–H and O–H groups in total. The van der Waals surface area contributed by atoms with Gasteiger partial charge in [-0.05, 0) is 59.5 Å². The summed E-state index contributed by atoms with van der Waals surface area (Å²) >= 11 is 0. The molecular weight excluding hydrogens is 419 g/mol. The number of aromatic nitrogens is 2. The fraction of sp³-hybridized carbons (Fsp3) is 0.208. The highest BCUT2D eigenvalue weighted by molar-refractivity contribution is 5.91. The predicted octanol–water partition coefficient (Wildman–Crippen LogP) is 5.29. The summed E-state index contributed by atoms with van der Waals surface area (Å²) in [5.41, 5.74) is 3.93. The number of benzene rings is 2. The van der Waals surface area contributed by atoms with Gasteiger partial charge in [0.1, 0.15) is 5.75 Å². The Kier molecular flexibility index (Phi) is 6.05. The Bertz CT molecular complexity index is 1200. The van der Waals surface area contributed by atoms with E-state index in [1.807, 2.05) is 37.4 Å². The number of alkyl halides is 3. The van der Waals surface area contributed by atoms with E-state index in [2.05, 4.69) is 15.0 Å². The van der Waals surface area contributed by atoms with E-state index in [0.29, 0.717) is 13.1 Å². The Hall–Kier alpha value is -3.52. The Morgan fingerprint density at radius 1 is 0.969 bits per heavy atom. The van der Waals surface area contributed by atoms with Crippen LogP contribution in [0.1, 0.15) is 22.3 Å². The quantitative estimate of drug-likeness (QED) is 0.409. The molecule has 2 aromatic heterocycles. The number of aryl methyl sites for hydroxylation is 1. The van der Waals surface area contributed by atoms with Crippen LogP contribution in [0.25, 0.3) is 10.8 Å². The molecule has 0 amide bonds. The zero-order chi connectivity index (χ0) is 22.7. The van der Waals surface area contributed by atoms with E-state index in [1.54, 1.807) is 29.1 Å². The first-order valence-corrected chi connectivity index (χ1v) is 10.0. The fourth-order valence-electron chi connectivity index (χ4n) is 3.74. The molecule has 2 heterocycles. The number of hydrogen-bond donors (Lipinski definition) is 2. The van der Waals surface area contributed by atoms with Crippen LogP contribution in [0.15, 0.2) is 67.1 Å². The molecule has 0 aliphatic carbocycles. The number of fused-ring (bicyclic) bond motifs is 1. The number of pyridine rings is 1. The van der Waals surface area contributed by atoms with E-state index in [0.717, 1.165) is 39.6 Å². The molecule has 0 aliphatic rings. The van der Waals surface area contributed by atoms with Gasteiger partial charge in [-0.1, -0.05) is 18.2 Å². The number of nitrogens with zero attached hydrogens (tertiary/aromatic N) is 2. The van der Waals surface area contributed by atoms with Gasteiger partial charge in [-0.3, -0.25) is 4.98 Å². The average molecular weight is 441 g/mol. The minimum atomic E-state index is -4.72. The molecule has 166 valence electrons. The van der Waals surface area contributed by atoms with Crippen LogP contribution < -0.4 is 10.1 Å². The standard InChI is InChI=1S/C24H22F3N3O2/c1-16-10-19(13-29-12-17-6-8-28-9-7-17)11-20-15-30(23(31)22(16)20)14-18-2-4-21(5-3-18)32-24(25,26)27/h2-11,15,29,31H,12-14H2,1H3. The van der Waals surface area contributed by atoms with Crippen molar-refractivity contribution in [3.63, 3.8) is 0 Å². The molecule has 4 aromatic rings. The normalized spacial score (nSPS) is 11.8. The van der Waals surface area contributed by atoms with Gasteiger partial charge in [-0.2, -0.15) is 0 Å². The molecule has 0 fully saturated rings. The smallest absolute Gasteiger partial charge is 0.494 e. The van der Waals surface area contributed by atoms with E-state index in [1.165, 1.54) is 12.1 Å². The van der Waals surface area contributed by atoms with Crippen LogP contribution in [-0.4, -0.2) is 21.0 Å². The van der Waals surface area contributed by atoms with Gasteiger partial charge in [0.05, 0.1) is 6.54 Å². The van der Waals surface area contributed by atoms with Crippen LogP contribution in [0, 0.1) is 6.92 Å². The number of nitrogens with one attached hydrogen (secondary N) is 1. The minimum absolute atomic E-state index is 0.129. The Morgan fingerprint density at radius 2 is 1.66 bits per heavy atom. The van der Waals surface area contributed by atoms with Crippen molar-refractivity contribution in [3.8, 4) is 11.6 Å². The summed E-state index contributed by atoms with van der Waals surface area (Å²) in [7, 11) is 0. The number of aromatic hydroxyl groups is 1. The van der Waals surface area contributed by atoms with Crippen molar-refractivity contribution < 1.29 is 23.0 Å². The Morgan fingerprint density at radius 3 is 2.34 bits per heavy atom. The second-order valence-corrected chi connectivity index (χ2v) is 7.61. The SMILES string of the molecule is Cc1cc(CNCc2ccncc2)cc2cn(Cc3ccc(OC(F)(F)F)cc3)c(O)c12. The molecule has 0 spiro atoms. The first-order valence-electron chi connectivity index (χ1n) is 10.0. The van der Waals surface area contributed by atoms with Crippen molar-refractivity contribution in [2.24, 2.45) is 0 Å². The van der Waals surface area contributed by atoms with Crippen molar-refractivity contribution in [3.05, 3.63) is 89.4 Å². The molecule has 0 unspecified atom stereocenters. The summed E-state index contributed by atoms with van der Waals surface area (Å²) in [6, 6.07) is 13.6. The lowest BCUT2D eigenvalue weighted by molar-refractivity contribution is -0.274. The molecule has 0 aliphatic heterocycles. The monoisotopic (exact) mass is 441 g/mol. The third-order valence-corrected chi connectivity index (χ3v) is 5.13. The summed E-state index contributed by atoms with van der Waals surface area (Å²) in [5, 5.41) is 15.8. The second-order valence-electron chi connectivity index (χ2n) is 7.61. The summed E-state index contributed by atoms with van der Waals surface area (Å²) in [4.78, 5) is 4.01. The maximum atomic E-state index is 12.3. The van der Waals surface area contributed by atoms with Gasteiger partial charge in [0.25, 0.3) is 0 Å². The molecular formula is C24H22F3N3O2. The van der Waals surface area contributed by atoms with E-state index in [9.17, 15) is 18.3 Å². The lowest BCUT2D eigenvalue weighted by atomic mass is 10.1. The number of hydrogen-bond acceptors (Lipinski definition) is 4. The molecule has 5 nitrogen and oxygen atoms in total. The number of ether oxygens (including phenoxy) is 1. The van der Waals surface area contributed by atoms with Gasteiger partial charge in [0.15, 0.2) is 5.88 Å². The van der Waals surface area contributed by atoms with Gasteiger partial charge in [-0.15, -0.1) is 13.2 Å². The molecule has 2 aromatic carbocycles. The lowest BCUT2D eigenvalue weighted by Crippen LogP contribution is -2.17. The highest BCUT2D eigenvalue weighted by Gasteiger charge is 2.30. The molecule has 0 atom stereocenters. The zero-order valence-corrected chi connectivity index (χ0v) is 17.4. The molecule has 8 heteroatoms. The summed E-state index contributed by atoms with van der Waals surface area (Å²) in [6.45, 7) is 3.66. The van der Waals surface area contributed by atoms with Gasteiger partial charge in [0.2, 0.25) is 0 Å². The predicted molar refractivity (Wildman–Crippen MR) is 115 cm³/mol. The van der Waals surface area contributed by atoms with E-state index < -0.39 is 6.36 Å². The van der Waals surface area contributed by atoms with Crippen molar-refractivity contribution in [1.82, 2.24) is 14.9 Å². The number of halogens is 3. The van der Waals surface area contributed by atoms with Gasteiger partial charge in [-0.25, -0.2) is 0 Å². The van der Waals surface area contributed by atoms with Crippen LogP contribution in [0.2, 0.25) is 0 Å². The maximum Gasteiger partial charge on any atom is 0.573 e. The number of rotatable bonds is 7. The Balaban J connectivity index is 1.48. The first-order chi connectivity index (χ1) is 15.3. The zero-order valence-electron chi connectivity index (χ0n) is 17.4.